The van der Waals surface area contributed by atoms with E-state index in [-0.39, 0.29) is 37.5 Å². The molecule has 10 heteroatoms. The van der Waals surface area contributed by atoms with Crippen LogP contribution in [-0.4, -0.2) is 121 Å². The van der Waals surface area contributed by atoms with Crippen LogP contribution in [0.15, 0.2) is 12.7 Å². The summed E-state index contributed by atoms with van der Waals surface area (Å²) < 4.78 is 17.5. The monoisotopic (exact) mass is 507 g/mol. The lowest BCUT2D eigenvalue weighted by Gasteiger charge is -2.38. The van der Waals surface area contributed by atoms with E-state index in [4.69, 9.17) is 14.2 Å². The molecule has 3 unspecified atom stereocenters. The summed E-state index contributed by atoms with van der Waals surface area (Å²) in [5.74, 6) is -2.50. The summed E-state index contributed by atoms with van der Waals surface area (Å²) in [5, 5.41) is 9.52. The summed E-state index contributed by atoms with van der Waals surface area (Å²) in [5.41, 5.74) is -1.99. The minimum absolute atomic E-state index is 0.0368. The number of carbonyl (C=O) groups is 3. The van der Waals surface area contributed by atoms with E-state index in [1.54, 1.807) is 22.8 Å². The Bertz CT molecular complexity index is 862. The van der Waals surface area contributed by atoms with Crippen LogP contribution in [-0.2, 0) is 28.6 Å². The van der Waals surface area contributed by atoms with E-state index in [0.717, 1.165) is 13.1 Å². The molecule has 4 aliphatic heterocycles. The summed E-state index contributed by atoms with van der Waals surface area (Å²) in [6, 6.07) is -0.866. The molecule has 0 aromatic carbocycles. The van der Waals surface area contributed by atoms with Gasteiger partial charge in [0.15, 0.2) is 0 Å². The number of amides is 2. The van der Waals surface area contributed by atoms with Gasteiger partial charge in [0.05, 0.1) is 31.3 Å². The molecule has 1 N–H and O–H groups in total. The first kappa shape index (κ1) is 27.0. The van der Waals surface area contributed by atoms with E-state index in [1.165, 1.54) is 0 Å². The number of likely N-dealkylation sites (tertiary alicyclic amines) is 1. The Morgan fingerprint density at radius 1 is 1.31 bits per heavy atom. The third-order valence-corrected chi connectivity index (χ3v) is 8.60. The smallest absolute Gasteiger partial charge is 0.312 e. The molecular formula is C26H41N3O7. The highest BCUT2D eigenvalue weighted by atomic mass is 16.6. The van der Waals surface area contributed by atoms with Crippen LogP contribution in [0.1, 0.15) is 33.6 Å². The van der Waals surface area contributed by atoms with Crippen molar-refractivity contribution in [2.75, 3.05) is 65.7 Å². The first-order chi connectivity index (χ1) is 17.2. The number of hydrogen-bond acceptors (Lipinski definition) is 8. The molecule has 0 aliphatic carbocycles. The van der Waals surface area contributed by atoms with Crippen molar-refractivity contribution in [1.29, 1.82) is 0 Å². The van der Waals surface area contributed by atoms with Crippen LogP contribution in [0, 0.1) is 17.8 Å². The van der Waals surface area contributed by atoms with Crippen molar-refractivity contribution in [3.8, 4) is 0 Å². The fraction of sp³-hybridized carbons (Fsp3) is 0.808. The standard InChI is InChI=1S/C26H41N3O7/c1-5-8-28(11-10-27-12-15-34-16-13-27)23(32)21-26-17-18(3)25(4,36-26)20(24(33)35-6-2)19(26)22(31)29(21)9-7-14-30/h5,18-21,30H,1,6-17H2,2-4H3/t18?,19-,20+,21?,25-,26?/m0/s1. The fourth-order valence-electron chi connectivity index (χ4n) is 6.80. The molecule has 1 spiro atoms. The molecular weight excluding hydrogens is 466 g/mol. The number of morpholine rings is 1. The van der Waals surface area contributed by atoms with Gasteiger partial charge >= 0.3 is 5.97 Å². The maximum atomic E-state index is 14.2. The molecule has 202 valence electrons. The Hall–Kier alpha value is -2.01. The van der Waals surface area contributed by atoms with Gasteiger partial charge in [-0.2, -0.15) is 0 Å². The van der Waals surface area contributed by atoms with Gasteiger partial charge in [-0.15, -0.1) is 6.58 Å². The number of fused-ring (bicyclic) bond motifs is 1. The normalized spacial score (nSPS) is 35.7. The van der Waals surface area contributed by atoms with Gasteiger partial charge < -0.3 is 29.1 Å². The van der Waals surface area contributed by atoms with Gasteiger partial charge in [-0.05, 0) is 32.6 Å². The summed E-state index contributed by atoms with van der Waals surface area (Å²) in [6.07, 6.45) is 2.54. The van der Waals surface area contributed by atoms with E-state index >= 15 is 0 Å². The molecule has 0 aromatic heterocycles. The molecule has 2 bridgehead atoms. The van der Waals surface area contributed by atoms with Crippen LogP contribution in [0.25, 0.3) is 0 Å². The predicted octanol–water partition coefficient (Wildman–Crippen LogP) is 0.289. The van der Waals surface area contributed by atoms with Gasteiger partial charge in [0.1, 0.15) is 17.6 Å². The minimum Gasteiger partial charge on any atom is -0.466 e. The van der Waals surface area contributed by atoms with Crippen LogP contribution in [0.5, 0.6) is 0 Å². The van der Waals surface area contributed by atoms with Crippen LogP contribution in [0.2, 0.25) is 0 Å². The first-order valence-corrected chi connectivity index (χ1v) is 13.2. The zero-order valence-electron chi connectivity index (χ0n) is 21.8. The first-order valence-electron chi connectivity index (χ1n) is 13.2. The van der Waals surface area contributed by atoms with E-state index in [9.17, 15) is 19.5 Å². The Labute approximate surface area is 213 Å². The molecule has 0 saturated carbocycles. The number of esters is 1. The molecule has 0 radical (unpaired) electrons. The average Bonchev–Trinajstić information content (AvgIpc) is 3.37. The summed E-state index contributed by atoms with van der Waals surface area (Å²) >= 11 is 0. The summed E-state index contributed by atoms with van der Waals surface area (Å²) in [4.78, 5) is 46.8. The Balaban J connectivity index is 1.67. The maximum Gasteiger partial charge on any atom is 0.312 e. The largest absolute Gasteiger partial charge is 0.466 e. The van der Waals surface area contributed by atoms with Crippen molar-refractivity contribution in [3.05, 3.63) is 12.7 Å². The number of aliphatic hydroxyl groups excluding tert-OH is 1. The second kappa shape index (κ2) is 10.8. The lowest BCUT2D eigenvalue weighted by molar-refractivity contribution is -0.162. The maximum absolute atomic E-state index is 14.2. The van der Waals surface area contributed by atoms with Crippen LogP contribution in [0.4, 0.5) is 0 Å². The summed E-state index contributed by atoms with van der Waals surface area (Å²) in [6.45, 7) is 14.3. The van der Waals surface area contributed by atoms with Crippen LogP contribution >= 0.6 is 0 Å². The highest BCUT2D eigenvalue weighted by Gasteiger charge is 2.80. The van der Waals surface area contributed by atoms with Crippen molar-refractivity contribution in [2.45, 2.75) is 50.9 Å². The van der Waals surface area contributed by atoms with Crippen molar-refractivity contribution in [2.24, 2.45) is 17.8 Å². The molecule has 0 aromatic rings. The van der Waals surface area contributed by atoms with Gasteiger partial charge in [-0.25, -0.2) is 0 Å². The molecule has 4 saturated heterocycles. The Kier molecular flexibility index (Phi) is 8.09. The Morgan fingerprint density at radius 2 is 2.03 bits per heavy atom. The van der Waals surface area contributed by atoms with Crippen molar-refractivity contribution in [3.63, 3.8) is 0 Å². The molecule has 36 heavy (non-hydrogen) atoms. The number of carbonyl (C=O) groups excluding carboxylic acids is 3. The molecule has 2 amide bonds. The molecule has 6 atom stereocenters. The van der Waals surface area contributed by atoms with Crippen LogP contribution < -0.4 is 0 Å². The second-order valence-corrected chi connectivity index (χ2v) is 10.6. The van der Waals surface area contributed by atoms with Crippen molar-refractivity contribution < 1.29 is 33.7 Å². The van der Waals surface area contributed by atoms with Gasteiger partial charge in [-0.1, -0.05) is 13.0 Å². The van der Waals surface area contributed by atoms with Gasteiger partial charge in [-0.3, -0.25) is 19.3 Å². The van der Waals surface area contributed by atoms with Crippen molar-refractivity contribution in [1.82, 2.24) is 14.7 Å². The highest BCUT2D eigenvalue weighted by molar-refractivity contribution is 5.98. The van der Waals surface area contributed by atoms with Crippen molar-refractivity contribution >= 4 is 17.8 Å². The molecule has 4 rings (SSSR count). The molecule has 4 heterocycles. The quantitative estimate of drug-likeness (QED) is 0.314. The minimum atomic E-state index is -1.10. The predicted molar refractivity (Wildman–Crippen MR) is 131 cm³/mol. The lowest BCUT2D eigenvalue weighted by atomic mass is 9.62. The van der Waals surface area contributed by atoms with Gasteiger partial charge in [0.25, 0.3) is 0 Å². The third-order valence-electron chi connectivity index (χ3n) is 8.60. The lowest BCUT2D eigenvalue weighted by Crippen LogP contribution is -2.57. The van der Waals surface area contributed by atoms with E-state index < -0.39 is 35.0 Å². The SMILES string of the molecule is C=CCN(CCN1CCOCC1)C(=O)C1N(CCCO)C(=O)[C@@H]2[C@H](C(=O)OCC)[C@@]3(C)OC12CC3C. The highest BCUT2D eigenvalue weighted by Crippen LogP contribution is 2.65. The molecule has 4 fully saturated rings. The van der Waals surface area contributed by atoms with Gasteiger partial charge in [0.2, 0.25) is 11.8 Å². The topological polar surface area (TPSA) is 109 Å². The third kappa shape index (κ3) is 4.36. The van der Waals surface area contributed by atoms with Gasteiger partial charge in [0, 0.05) is 45.9 Å². The zero-order chi connectivity index (χ0) is 26.1. The number of hydrogen-bond donors (Lipinski definition) is 1. The zero-order valence-corrected chi connectivity index (χ0v) is 21.8. The van der Waals surface area contributed by atoms with Crippen LogP contribution in [0.3, 0.4) is 0 Å². The van der Waals surface area contributed by atoms with E-state index in [1.807, 2.05) is 13.8 Å². The second-order valence-electron chi connectivity index (χ2n) is 10.6. The Morgan fingerprint density at radius 3 is 2.67 bits per heavy atom. The summed E-state index contributed by atoms with van der Waals surface area (Å²) in [7, 11) is 0. The van der Waals surface area contributed by atoms with E-state index in [2.05, 4.69) is 11.5 Å². The number of aliphatic hydroxyl groups is 1. The average molecular weight is 508 g/mol. The molecule has 4 aliphatic rings. The van der Waals surface area contributed by atoms with E-state index in [0.29, 0.717) is 45.7 Å². The number of ether oxygens (including phenoxy) is 3. The fourth-order valence-corrected chi connectivity index (χ4v) is 6.80. The number of rotatable bonds is 11. The number of nitrogens with zero attached hydrogens (tertiary/aromatic N) is 3. The molecule has 10 nitrogen and oxygen atoms in total.